The van der Waals surface area contributed by atoms with Crippen LogP contribution in [0, 0.1) is 5.92 Å². The van der Waals surface area contributed by atoms with Crippen molar-refractivity contribution in [3.05, 3.63) is 23.8 Å². The Bertz CT molecular complexity index is 627. The van der Waals surface area contributed by atoms with E-state index in [1.807, 2.05) is 12.3 Å². The minimum Gasteiger partial charge on any atom is -0.481 e. The van der Waals surface area contributed by atoms with Crippen LogP contribution in [0.1, 0.15) is 18.0 Å². The summed E-state index contributed by atoms with van der Waals surface area (Å²) in [7, 11) is -3.29. The molecule has 0 spiro atoms. The summed E-state index contributed by atoms with van der Waals surface area (Å²) in [4.78, 5) is 12.0. The zero-order valence-corrected chi connectivity index (χ0v) is 12.9. The van der Waals surface area contributed by atoms with Crippen LogP contribution < -0.4 is 5.32 Å². The second kappa shape index (κ2) is 5.75. The lowest BCUT2D eigenvalue weighted by Gasteiger charge is -2.17. The van der Waals surface area contributed by atoms with Gasteiger partial charge in [0.1, 0.15) is 0 Å². The molecule has 0 amide bonds. The molecule has 7 heteroatoms. The van der Waals surface area contributed by atoms with Crippen LogP contribution in [0.4, 0.5) is 0 Å². The molecule has 1 fully saturated rings. The van der Waals surface area contributed by atoms with Gasteiger partial charge in [0.15, 0.2) is 9.84 Å². The third-order valence-corrected chi connectivity index (χ3v) is 5.60. The summed E-state index contributed by atoms with van der Waals surface area (Å²) in [6, 6.07) is 5.05. The van der Waals surface area contributed by atoms with Crippen LogP contribution in [-0.4, -0.2) is 38.5 Å². The summed E-state index contributed by atoms with van der Waals surface area (Å²) in [5, 5.41) is 12.2. The quantitative estimate of drug-likeness (QED) is 0.820. The Morgan fingerprint density at radius 1 is 1.45 bits per heavy atom. The fourth-order valence-electron chi connectivity index (χ4n) is 2.48. The van der Waals surface area contributed by atoms with Gasteiger partial charge in [-0.1, -0.05) is 12.1 Å². The van der Waals surface area contributed by atoms with Gasteiger partial charge in [-0.25, -0.2) is 8.42 Å². The number of hydrogen-bond donors (Lipinski definition) is 2. The second-order valence-electron chi connectivity index (χ2n) is 4.88. The molecule has 110 valence electrons. The van der Waals surface area contributed by atoms with Gasteiger partial charge >= 0.3 is 5.97 Å². The molecule has 20 heavy (non-hydrogen) atoms. The monoisotopic (exact) mass is 315 g/mol. The average molecular weight is 315 g/mol. The van der Waals surface area contributed by atoms with Gasteiger partial charge in [-0.3, -0.25) is 4.79 Å². The highest BCUT2D eigenvalue weighted by Crippen LogP contribution is 2.36. The van der Waals surface area contributed by atoms with Crippen molar-refractivity contribution in [2.75, 3.05) is 19.1 Å². The van der Waals surface area contributed by atoms with Crippen LogP contribution in [0.5, 0.6) is 0 Å². The number of carbonyl (C=O) groups is 1. The summed E-state index contributed by atoms with van der Waals surface area (Å²) in [6.45, 7) is 0.414. The number of benzene rings is 1. The van der Waals surface area contributed by atoms with Crippen molar-refractivity contribution in [2.45, 2.75) is 22.3 Å². The number of thioether (sulfide) groups is 1. The number of rotatable bonds is 4. The molecule has 2 N–H and O–H groups in total. The molecule has 5 nitrogen and oxygen atoms in total. The Kier molecular flexibility index (Phi) is 4.41. The van der Waals surface area contributed by atoms with Crippen LogP contribution >= 0.6 is 11.8 Å². The average Bonchev–Trinajstić information content (AvgIpc) is 2.86. The molecule has 1 aliphatic rings. The van der Waals surface area contributed by atoms with Crippen molar-refractivity contribution in [1.29, 1.82) is 0 Å². The van der Waals surface area contributed by atoms with Crippen LogP contribution in [-0.2, 0) is 14.6 Å². The molecule has 1 heterocycles. The van der Waals surface area contributed by atoms with Crippen LogP contribution in [0.15, 0.2) is 28.0 Å². The van der Waals surface area contributed by atoms with Gasteiger partial charge in [0, 0.05) is 23.7 Å². The lowest BCUT2D eigenvalue weighted by molar-refractivity contribution is -0.141. The lowest BCUT2D eigenvalue weighted by Crippen LogP contribution is -2.17. The fourth-order valence-corrected chi connectivity index (χ4v) is 4.68. The first-order valence-corrected chi connectivity index (χ1v) is 9.29. The number of sulfone groups is 1. The highest BCUT2D eigenvalue weighted by molar-refractivity contribution is 7.99. The summed E-state index contributed by atoms with van der Waals surface area (Å²) in [5.74, 6) is -1.23. The SMILES string of the molecule is CSc1c(C2CC(C(=O)O)CN2)cccc1S(C)(=O)=O. The molecule has 0 bridgehead atoms. The number of carboxylic acid groups (broad SMARTS) is 1. The maximum absolute atomic E-state index is 11.8. The van der Waals surface area contributed by atoms with Crippen LogP contribution in [0.2, 0.25) is 0 Å². The Morgan fingerprint density at radius 2 is 2.15 bits per heavy atom. The summed E-state index contributed by atoms with van der Waals surface area (Å²) in [6.07, 6.45) is 3.50. The van der Waals surface area contributed by atoms with Gasteiger partial charge in [-0.15, -0.1) is 11.8 Å². The van der Waals surface area contributed by atoms with Crippen LogP contribution in [0.25, 0.3) is 0 Å². The standard InChI is InChI=1S/C13H17NO4S2/c1-19-12-9(4-3-5-11(12)20(2,17)18)10-6-8(7-14-10)13(15)16/h3-5,8,10,14H,6-7H2,1-2H3,(H,15,16). The van der Waals surface area contributed by atoms with E-state index in [1.54, 1.807) is 12.1 Å². The third-order valence-electron chi connectivity index (χ3n) is 3.47. The molecule has 0 aliphatic carbocycles. The fraction of sp³-hybridized carbons (Fsp3) is 0.462. The molecule has 0 aromatic heterocycles. The number of hydrogen-bond acceptors (Lipinski definition) is 5. The van der Waals surface area contributed by atoms with Crippen molar-refractivity contribution in [3.8, 4) is 0 Å². The van der Waals surface area contributed by atoms with Gasteiger partial charge in [-0.2, -0.15) is 0 Å². The first kappa shape index (κ1) is 15.3. The molecule has 2 atom stereocenters. The molecule has 2 unspecified atom stereocenters. The van der Waals surface area contributed by atoms with Gasteiger partial charge < -0.3 is 10.4 Å². The normalized spacial score (nSPS) is 22.9. The van der Waals surface area contributed by atoms with Crippen molar-refractivity contribution in [1.82, 2.24) is 5.32 Å². The molecule has 2 rings (SSSR count). The summed E-state index contributed by atoms with van der Waals surface area (Å²) >= 11 is 1.38. The third kappa shape index (κ3) is 2.99. The zero-order chi connectivity index (χ0) is 14.9. The molecule has 1 saturated heterocycles. The van der Waals surface area contributed by atoms with E-state index in [0.29, 0.717) is 22.8 Å². The van der Waals surface area contributed by atoms with E-state index in [9.17, 15) is 13.2 Å². The molecule has 0 radical (unpaired) electrons. The first-order chi connectivity index (χ1) is 9.34. The Labute approximate surface area is 122 Å². The van der Waals surface area contributed by atoms with Crippen molar-refractivity contribution in [2.24, 2.45) is 5.92 Å². The highest BCUT2D eigenvalue weighted by atomic mass is 32.2. The molecule has 1 aromatic carbocycles. The predicted molar refractivity (Wildman–Crippen MR) is 77.8 cm³/mol. The van der Waals surface area contributed by atoms with E-state index in [-0.39, 0.29) is 6.04 Å². The molecular formula is C13H17NO4S2. The summed E-state index contributed by atoms with van der Waals surface area (Å²) in [5.41, 5.74) is 0.865. The minimum atomic E-state index is -3.29. The zero-order valence-electron chi connectivity index (χ0n) is 11.3. The number of nitrogens with one attached hydrogen (secondary N) is 1. The second-order valence-corrected chi connectivity index (χ2v) is 7.68. The van der Waals surface area contributed by atoms with Gasteiger partial charge in [-0.05, 0) is 24.3 Å². The molecule has 1 aliphatic heterocycles. The Morgan fingerprint density at radius 3 is 2.65 bits per heavy atom. The van der Waals surface area contributed by atoms with Crippen molar-refractivity contribution < 1.29 is 18.3 Å². The number of aliphatic carboxylic acids is 1. The summed E-state index contributed by atoms with van der Waals surface area (Å²) < 4.78 is 23.6. The van der Waals surface area contributed by atoms with E-state index in [1.165, 1.54) is 18.0 Å². The Balaban J connectivity index is 2.41. The highest BCUT2D eigenvalue weighted by Gasteiger charge is 2.32. The lowest BCUT2D eigenvalue weighted by atomic mass is 10.0. The molecular weight excluding hydrogens is 298 g/mol. The van der Waals surface area contributed by atoms with Crippen molar-refractivity contribution in [3.63, 3.8) is 0 Å². The predicted octanol–water partition coefficient (Wildman–Crippen LogP) is 1.55. The van der Waals surface area contributed by atoms with Crippen LogP contribution in [0.3, 0.4) is 0 Å². The maximum atomic E-state index is 11.8. The smallest absolute Gasteiger partial charge is 0.307 e. The molecule has 0 saturated carbocycles. The Hall–Kier alpha value is -1.05. The number of carboxylic acids is 1. The largest absolute Gasteiger partial charge is 0.481 e. The first-order valence-electron chi connectivity index (χ1n) is 6.17. The topological polar surface area (TPSA) is 83.5 Å². The van der Waals surface area contributed by atoms with E-state index in [4.69, 9.17) is 5.11 Å². The van der Waals surface area contributed by atoms with Gasteiger partial charge in [0.05, 0.1) is 10.8 Å². The van der Waals surface area contributed by atoms with E-state index < -0.39 is 21.7 Å². The van der Waals surface area contributed by atoms with E-state index in [2.05, 4.69) is 5.32 Å². The molecule has 1 aromatic rings. The van der Waals surface area contributed by atoms with Gasteiger partial charge in [0.2, 0.25) is 0 Å². The minimum absolute atomic E-state index is 0.111. The van der Waals surface area contributed by atoms with E-state index >= 15 is 0 Å². The maximum Gasteiger partial charge on any atom is 0.307 e. The van der Waals surface area contributed by atoms with Crippen molar-refractivity contribution >= 4 is 27.6 Å². The van der Waals surface area contributed by atoms with Gasteiger partial charge in [0.25, 0.3) is 0 Å². The van der Waals surface area contributed by atoms with E-state index in [0.717, 1.165) is 5.56 Å².